The predicted octanol–water partition coefficient (Wildman–Crippen LogP) is 5.82. The summed E-state index contributed by atoms with van der Waals surface area (Å²) in [4.78, 5) is 9.43. The average Bonchev–Trinajstić information content (AvgIpc) is 3.18. The van der Waals surface area contributed by atoms with Gasteiger partial charge in [0, 0.05) is 21.9 Å². The van der Waals surface area contributed by atoms with E-state index in [0.29, 0.717) is 0 Å². The highest BCUT2D eigenvalue weighted by atomic mass is 16.3. The van der Waals surface area contributed by atoms with Crippen LogP contribution in [0.4, 0.5) is 0 Å². The highest BCUT2D eigenvalue weighted by molar-refractivity contribution is 6.08. The van der Waals surface area contributed by atoms with Crippen LogP contribution in [-0.4, -0.2) is 12.2 Å². The molecule has 2 heterocycles. The fourth-order valence-corrected chi connectivity index (χ4v) is 4.03. The van der Waals surface area contributed by atoms with Crippen molar-refractivity contribution < 1.29 is 4.42 Å². The maximum atomic E-state index is 6.03. The van der Waals surface area contributed by atoms with Crippen LogP contribution in [0, 0.1) is 0 Å². The van der Waals surface area contributed by atoms with E-state index in [1.165, 1.54) is 10.8 Å². The SMILES string of the molecule is C1=NC(c2ccc3ccccc3c2)=NC(c2cccc3oc4ccccc4c23)N1. The average molecular weight is 375 g/mol. The molecule has 29 heavy (non-hydrogen) atoms. The molecule has 1 aliphatic heterocycles. The molecule has 138 valence electrons. The van der Waals surface area contributed by atoms with Gasteiger partial charge in [-0.05, 0) is 29.0 Å². The number of aliphatic imine (C=N–C) groups is 2. The van der Waals surface area contributed by atoms with Crippen LogP contribution in [0.5, 0.6) is 0 Å². The Morgan fingerprint density at radius 3 is 2.55 bits per heavy atom. The van der Waals surface area contributed by atoms with Gasteiger partial charge in [-0.1, -0.05) is 66.7 Å². The van der Waals surface area contributed by atoms with E-state index in [4.69, 9.17) is 9.41 Å². The molecule has 1 N–H and O–H groups in total. The summed E-state index contributed by atoms with van der Waals surface area (Å²) >= 11 is 0. The molecule has 0 radical (unpaired) electrons. The van der Waals surface area contributed by atoms with E-state index < -0.39 is 0 Å². The molecule has 0 saturated carbocycles. The Morgan fingerprint density at radius 2 is 1.59 bits per heavy atom. The standard InChI is InChI=1S/C25H17N3O/c1-2-7-17-14-18(13-12-16(17)6-1)24-26-15-27-25(28-24)20-9-5-11-22-23(20)19-8-3-4-10-21(19)29-22/h1-15,25H,(H,26,27,28). The molecule has 1 aromatic heterocycles. The van der Waals surface area contributed by atoms with Gasteiger partial charge in [-0.15, -0.1) is 0 Å². The molecule has 1 atom stereocenters. The van der Waals surface area contributed by atoms with Crippen LogP contribution in [0.25, 0.3) is 32.7 Å². The van der Waals surface area contributed by atoms with Crippen molar-refractivity contribution in [3.63, 3.8) is 0 Å². The summed E-state index contributed by atoms with van der Waals surface area (Å²) < 4.78 is 6.03. The van der Waals surface area contributed by atoms with Gasteiger partial charge in [-0.2, -0.15) is 0 Å². The highest BCUT2D eigenvalue weighted by Crippen LogP contribution is 2.35. The van der Waals surface area contributed by atoms with Gasteiger partial charge >= 0.3 is 0 Å². The smallest absolute Gasteiger partial charge is 0.158 e. The number of nitrogens with one attached hydrogen (secondary N) is 1. The van der Waals surface area contributed by atoms with Crippen LogP contribution in [-0.2, 0) is 0 Å². The summed E-state index contributed by atoms with van der Waals surface area (Å²) in [5.74, 6) is 0.726. The second-order valence-corrected chi connectivity index (χ2v) is 7.16. The van der Waals surface area contributed by atoms with Crippen LogP contribution < -0.4 is 5.32 Å². The Labute approximate surface area is 167 Å². The van der Waals surface area contributed by atoms with Crippen LogP contribution >= 0.6 is 0 Å². The van der Waals surface area contributed by atoms with Gasteiger partial charge in [-0.25, -0.2) is 9.98 Å². The Kier molecular flexibility index (Phi) is 3.50. The normalized spacial score (nSPS) is 16.3. The minimum atomic E-state index is -0.223. The molecule has 4 nitrogen and oxygen atoms in total. The molecule has 1 aliphatic rings. The van der Waals surface area contributed by atoms with Crippen molar-refractivity contribution in [2.24, 2.45) is 9.98 Å². The van der Waals surface area contributed by atoms with Crippen molar-refractivity contribution in [2.45, 2.75) is 6.17 Å². The molecule has 5 aromatic rings. The van der Waals surface area contributed by atoms with Crippen LogP contribution in [0.3, 0.4) is 0 Å². The third-order valence-corrected chi connectivity index (χ3v) is 5.41. The molecule has 1 unspecified atom stereocenters. The zero-order chi connectivity index (χ0) is 19.2. The van der Waals surface area contributed by atoms with Gasteiger partial charge < -0.3 is 9.73 Å². The van der Waals surface area contributed by atoms with Gasteiger partial charge in [0.05, 0.1) is 6.34 Å². The van der Waals surface area contributed by atoms with Crippen LogP contribution in [0.1, 0.15) is 17.3 Å². The molecule has 0 spiro atoms. The predicted molar refractivity (Wildman–Crippen MR) is 119 cm³/mol. The monoisotopic (exact) mass is 375 g/mol. The maximum absolute atomic E-state index is 6.03. The van der Waals surface area contributed by atoms with Crippen LogP contribution in [0.2, 0.25) is 0 Å². The van der Waals surface area contributed by atoms with E-state index in [-0.39, 0.29) is 6.17 Å². The van der Waals surface area contributed by atoms with Gasteiger partial charge in [-0.3, -0.25) is 0 Å². The summed E-state index contributed by atoms with van der Waals surface area (Å²) in [5, 5.41) is 7.89. The lowest BCUT2D eigenvalue weighted by atomic mass is 10.0. The number of amidine groups is 1. The molecule has 0 fully saturated rings. The number of rotatable bonds is 2. The number of hydrogen-bond donors (Lipinski definition) is 1. The van der Waals surface area contributed by atoms with Gasteiger partial charge in [0.1, 0.15) is 17.3 Å². The fourth-order valence-electron chi connectivity index (χ4n) is 4.03. The molecule has 0 aliphatic carbocycles. The first kappa shape index (κ1) is 16.1. The Bertz CT molecular complexity index is 1440. The van der Waals surface area contributed by atoms with E-state index in [9.17, 15) is 0 Å². The first-order valence-corrected chi connectivity index (χ1v) is 9.62. The Hall–Kier alpha value is -3.92. The quantitative estimate of drug-likeness (QED) is 0.423. The zero-order valence-corrected chi connectivity index (χ0v) is 15.5. The third kappa shape index (κ3) is 2.61. The molecule has 4 heteroatoms. The summed E-state index contributed by atoms with van der Waals surface area (Å²) in [7, 11) is 0. The Balaban J connectivity index is 1.49. The maximum Gasteiger partial charge on any atom is 0.158 e. The minimum Gasteiger partial charge on any atom is -0.456 e. The summed E-state index contributed by atoms with van der Waals surface area (Å²) in [6, 6.07) is 28.9. The fraction of sp³-hybridized carbons (Fsp3) is 0.0400. The lowest BCUT2D eigenvalue weighted by molar-refractivity contribution is 0.664. The number of fused-ring (bicyclic) bond motifs is 4. The molecule has 4 aromatic carbocycles. The third-order valence-electron chi connectivity index (χ3n) is 5.41. The van der Waals surface area contributed by atoms with Crippen molar-refractivity contribution in [2.75, 3.05) is 0 Å². The number of nitrogens with zero attached hydrogens (tertiary/aromatic N) is 2. The summed E-state index contributed by atoms with van der Waals surface area (Å²) in [6.45, 7) is 0. The largest absolute Gasteiger partial charge is 0.456 e. The number of para-hydroxylation sites is 1. The molecule has 0 saturated heterocycles. The van der Waals surface area contributed by atoms with Crippen molar-refractivity contribution in [1.82, 2.24) is 5.32 Å². The summed E-state index contributed by atoms with van der Waals surface area (Å²) in [6.07, 6.45) is 1.52. The van der Waals surface area contributed by atoms with Crippen molar-refractivity contribution in [3.8, 4) is 0 Å². The molecule has 0 amide bonds. The van der Waals surface area contributed by atoms with Crippen molar-refractivity contribution in [1.29, 1.82) is 0 Å². The Morgan fingerprint density at radius 1 is 0.759 bits per heavy atom. The van der Waals surface area contributed by atoms with E-state index >= 15 is 0 Å². The molecule has 6 rings (SSSR count). The van der Waals surface area contributed by atoms with Gasteiger partial charge in [0.2, 0.25) is 0 Å². The van der Waals surface area contributed by atoms with E-state index in [1.54, 1.807) is 6.34 Å². The molecular weight excluding hydrogens is 358 g/mol. The number of benzene rings is 4. The number of furan rings is 1. The van der Waals surface area contributed by atoms with Crippen molar-refractivity contribution >= 4 is 44.9 Å². The van der Waals surface area contributed by atoms with E-state index in [1.807, 2.05) is 42.5 Å². The second kappa shape index (κ2) is 6.31. The van der Waals surface area contributed by atoms with Crippen molar-refractivity contribution in [3.05, 3.63) is 96.1 Å². The summed E-state index contributed by atoms with van der Waals surface area (Å²) in [5.41, 5.74) is 3.85. The lowest BCUT2D eigenvalue weighted by Gasteiger charge is -2.19. The van der Waals surface area contributed by atoms with Gasteiger partial charge in [0.25, 0.3) is 0 Å². The number of hydrogen-bond acceptors (Lipinski definition) is 4. The second-order valence-electron chi connectivity index (χ2n) is 7.16. The highest BCUT2D eigenvalue weighted by Gasteiger charge is 2.20. The minimum absolute atomic E-state index is 0.223. The van der Waals surface area contributed by atoms with Crippen LogP contribution in [0.15, 0.2) is 99.3 Å². The first-order valence-electron chi connectivity index (χ1n) is 9.62. The molecular formula is C25H17N3O. The zero-order valence-electron chi connectivity index (χ0n) is 15.5. The van der Waals surface area contributed by atoms with E-state index in [0.717, 1.165) is 38.9 Å². The topological polar surface area (TPSA) is 49.9 Å². The lowest BCUT2D eigenvalue weighted by Crippen LogP contribution is -2.24. The first-order chi connectivity index (χ1) is 14.4. The van der Waals surface area contributed by atoms with Gasteiger partial charge in [0.15, 0.2) is 5.84 Å². The van der Waals surface area contributed by atoms with E-state index in [2.05, 4.69) is 52.8 Å². The molecule has 0 bridgehead atoms.